The van der Waals surface area contributed by atoms with E-state index in [1.807, 2.05) is 0 Å². The number of alkyl halides is 3. The lowest BCUT2D eigenvalue weighted by atomic mass is 10.1. The quantitative estimate of drug-likeness (QED) is 0.440. The molecule has 0 aliphatic carbocycles. The number of carbonyl (C=O) groups is 2. The molecule has 2 rings (SSSR count). The number of anilines is 1. The van der Waals surface area contributed by atoms with Gasteiger partial charge < -0.3 is 15.4 Å². The normalized spacial score (nSPS) is 13.4. The van der Waals surface area contributed by atoms with Crippen molar-refractivity contribution < 1.29 is 36.3 Å². The van der Waals surface area contributed by atoms with E-state index in [9.17, 15) is 31.5 Å². The van der Waals surface area contributed by atoms with Gasteiger partial charge in [0.05, 0.1) is 12.3 Å². The van der Waals surface area contributed by atoms with Gasteiger partial charge in [0.25, 0.3) is 5.91 Å². The molecule has 2 aromatic carbocycles. The number of hydrogen-bond acceptors (Lipinski definition) is 4. The molecule has 28 heavy (non-hydrogen) atoms. The predicted octanol–water partition coefficient (Wildman–Crippen LogP) is 3.63. The second kappa shape index (κ2) is 8.24. The summed E-state index contributed by atoms with van der Waals surface area (Å²) < 4.78 is 73.3. The predicted molar refractivity (Wildman–Crippen MR) is 89.3 cm³/mol. The SMILES string of the molecule is CCOC(=O)[C@@](NC(=O)c1ccccc1)(Nc1ccc(F)cc1F)C(F)(F)F. The third kappa shape index (κ3) is 4.38. The lowest BCUT2D eigenvalue weighted by Crippen LogP contribution is -2.69. The molecular weight excluding hydrogens is 387 g/mol. The molecule has 1 atom stereocenters. The van der Waals surface area contributed by atoms with Crippen molar-refractivity contribution >= 4 is 17.6 Å². The second-order valence-electron chi connectivity index (χ2n) is 5.54. The first kappa shape index (κ1) is 21.1. The molecule has 150 valence electrons. The molecule has 0 saturated carbocycles. The van der Waals surface area contributed by atoms with Crippen LogP contribution in [-0.4, -0.2) is 30.3 Å². The first-order valence-corrected chi connectivity index (χ1v) is 7.95. The van der Waals surface area contributed by atoms with Crippen LogP contribution in [0.2, 0.25) is 0 Å². The molecule has 0 aromatic heterocycles. The molecule has 0 fully saturated rings. The van der Waals surface area contributed by atoms with Crippen LogP contribution < -0.4 is 10.6 Å². The molecule has 0 spiro atoms. The molecule has 0 aliphatic heterocycles. The number of rotatable bonds is 6. The number of hydrogen-bond donors (Lipinski definition) is 2. The van der Waals surface area contributed by atoms with E-state index in [1.54, 1.807) is 10.6 Å². The third-order valence-electron chi connectivity index (χ3n) is 3.60. The molecule has 0 bridgehead atoms. The largest absolute Gasteiger partial charge is 0.463 e. The molecule has 0 aliphatic rings. The van der Waals surface area contributed by atoms with E-state index >= 15 is 0 Å². The van der Waals surface area contributed by atoms with Gasteiger partial charge in [0.2, 0.25) is 0 Å². The van der Waals surface area contributed by atoms with Gasteiger partial charge in [-0.25, -0.2) is 13.6 Å². The molecule has 2 N–H and O–H groups in total. The first-order chi connectivity index (χ1) is 13.1. The zero-order valence-corrected chi connectivity index (χ0v) is 14.4. The fraction of sp³-hybridized carbons (Fsp3) is 0.222. The molecule has 1 amide bonds. The molecule has 0 unspecified atom stereocenters. The maximum Gasteiger partial charge on any atom is 0.441 e. The second-order valence-corrected chi connectivity index (χ2v) is 5.54. The Morgan fingerprint density at radius 1 is 1.04 bits per heavy atom. The Morgan fingerprint density at radius 3 is 2.21 bits per heavy atom. The summed E-state index contributed by atoms with van der Waals surface area (Å²) in [5.41, 5.74) is -4.85. The van der Waals surface area contributed by atoms with E-state index < -0.39 is 47.6 Å². The molecule has 10 heteroatoms. The minimum absolute atomic E-state index is 0.179. The highest BCUT2D eigenvalue weighted by Crippen LogP contribution is 2.34. The highest BCUT2D eigenvalue weighted by molar-refractivity contribution is 5.99. The lowest BCUT2D eigenvalue weighted by Gasteiger charge is -2.35. The molecule has 5 nitrogen and oxygen atoms in total. The zero-order chi connectivity index (χ0) is 20.9. The van der Waals surface area contributed by atoms with E-state index in [2.05, 4.69) is 4.74 Å². The smallest absolute Gasteiger partial charge is 0.441 e. The van der Waals surface area contributed by atoms with Crippen LogP contribution in [0.25, 0.3) is 0 Å². The number of nitrogens with one attached hydrogen (secondary N) is 2. The highest BCUT2D eigenvalue weighted by atomic mass is 19.4. The van der Waals surface area contributed by atoms with Crippen molar-refractivity contribution in [3.05, 3.63) is 65.7 Å². The van der Waals surface area contributed by atoms with Gasteiger partial charge in [-0.3, -0.25) is 4.79 Å². The topological polar surface area (TPSA) is 67.4 Å². The van der Waals surface area contributed by atoms with Gasteiger partial charge in [0, 0.05) is 11.6 Å². The Kier molecular flexibility index (Phi) is 6.22. The third-order valence-corrected chi connectivity index (χ3v) is 3.60. The van der Waals surface area contributed by atoms with Crippen LogP contribution in [0.3, 0.4) is 0 Å². The zero-order valence-electron chi connectivity index (χ0n) is 14.4. The van der Waals surface area contributed by atoms with Gasteiger partial charge in [-0.1, -0.05) is 18.2 Å². The average molecular weight is 402 g/mol. The van der Waals surface area contributed by atoms with Crippen molar-refractivity contribution in [2.75, 3.05) is 11.9 Å². The molecule has 0 saturated heterocycles. The summed E-state index contributed by atoms with van der Waals surface area (Å²) in [7, 11) is 0. The molecule has 0 heterocycles. The van der Waals surface area contributed by atoms with Gasteiger partial charge in [0.15, 0.2) is 0 Å². The minimum atomic E-state index is -5.44. The van der Waals surface area contributed by atoms with Crippen LogP contribution in [0.15, 0.2) is 48.5 Å². The summed E-state index contributed by atoms with van der Waals surface area (Å²) >= 11 is 0. The monoisotopic (exact) mass is 402 g/mol. The van der Waals surface area contributed by atoms with Gasteiger partial charge in [-0.05, 0) is 31.2 Å². The maximum atomic E-state index is 13.9. The van der Waals surface area contributed by atoms with Gasteiger partial charge in [0.1, 0.15) is 11.6 Å². The standard InChI is InChI=1S/C18H15F5N2O3/c1-2-28-16(27)17(18(21,22)23,24-14-9-8-12(19)10-13(14)20)25-15(26)11-6-4-3-5-7-11/h3-10,24H,2H2,1H3,(H,25,26)/t17-/m0/s1. The van der Waals surface area contributed by atoms with Crippen molar-refractivity contribution in [3.63, 3.8) is 0 Å². The Morgan fingerprint density at radius 2 is 1.68 bits per heavy atom. The molecule has 2 aromatic rings. The first-order valence-electron chi connectivity index (χ1n) is 7.95. The summed E-state index contributed by atoms with van der Waals surface area (Å²) in [5.74, 6) is -5.60. The highest BCUT2D eigenvalue weighted by Gasteiger charge is 2.64. The fourth-order valence-corrected chi connectivity index (χ4v) is 2.25. The van der Waals surface area contributed by atoms with E-state index in [1.165, 1.54) is 37.3 Å². The van der Waals surface area contributed by atoms with Crippen molar-refractivity contribution in [1.82, 2.24) is 5.32 Å². The van der Waals surface area contributed by atoms with E-state index in [-0.39, 0.29) is 5.56 Å². The van der Waals surface area contributed by atoms with E-state index in [4.69, 9.17) is 0 Å². The van der Waals surface area contributed by atoms with Crippen molar-refractivity contribution in [2.24, 2.45) is 0 Å². The lowest BCUT2D eigenvalue weighted by molar-refractivity contribution is -0.204. The van der Waals surface area contributed by atoms with Crippen LogP contribution in [-0.2, 0) is 9.53 Å². The minimum Gasteiger partial charge on any atom is -0.463 e. The van der Waals surface area contributed by atoms with Crippen molar-refractivity contribution in [2.45, 2.75) is 18.8 Å². The molecule has 0 radical (unpaired) electrons. The summed E-state index contributed by atoms with van der Waals surface area (Å²) in [6.45, 7) is 0.821. The van der Waals surface area contributed by atoms with Crippen LogP contribution >= 0.6 is 0 Å². The number of halogens is 5. The number of ether oxygens (including phenoxy) is 1. The van der Waals surface area contributed by atoms with Crippen molar-refractivity contribution in [3.8, 4) is 0 Å². The van der Waals surface area contributed by atoms with Crippen LogP contribution in [0.5, 0.6) is 0 Å². The van der Waals surface area contributed by atoms with Crippen LogP contribution in [0.4, 0.5) is 27.6 Å². The summed E-state index contributed by atoms with van der Waals surface area (Å²) in [4.78, 5) is 24.6. The Bertz CT molecular complexity index is 858. The van der Waals surface area contributed by atoms with Gasteiger partial charge in [-0.2, -0.15) is 13.2 Å². The molecular formula is C18H15F5N2O3. The number of carbonyl (C=O) groups excluding carboxylic acids is 2. The van der Waals surface area contributed by atoms with Gasteiger partial charge in [-0.15, -0.1) is 0 Å². The average Bonchev–Trinajstić information content (AvgIpc) is 2.63. The van der Waals surface area contributed by atoms with E-state index in [0.29, 0.717) is 18.2 Å². The Labute approximate surface area is 156 Å². The number of esters is 1. The number of amides is 1. The maximum absolute atomic E-state index is 13.9. The Hall–Kier alpha value is -3.17. The summed E-state index contributed by atoms with van der Waals surface area (Å²) in [6, 6.07) is 8.47. The number of benzene rings is 2. The Balaban J connectivity index is 2.54. The van der Waals surface area contributed by atoms with Gasteiger partial charge >= 0.3 is 17.8 Å². The van der Waals surface area contributed by atoms with Crippen molar-refractivity contribution in [1.29, 1.82) is 0 Å². The fourth-order valence-electron chi connectivity index (χ4n) is 2.25. The summed E-state index contributed by atoms with van der Waals surface area (Å²) in [5, 5.41) is 3.19. The summed E-state index contributed by atoms with van der Waals surface area (Å²) in [6.07, 6.45) is -5.44. The van der Waals surface area contributed by atoms with E-state index in [0.717, 1.165) is 0 Å². The van der Waals surface area contributed by atoms with Crippen LogP contribution in [0, 0.1) is 11.6 Å². The van der Waals surface area contributed by atoms with Crippen LogP contribution in [0.1, 0.15) is 17.3 Å².